The lowest BCUT2D eigenvalue weighted by Crippen LogP contribution is -2.62. The van der Waals surface area contributed by atoms with Gasteiger partial charge in [0.05, 0.1) is 5.92 Å². The maximum absolute atomic E-state index is 12.1. The number of rotatable bonds is 6. The lowest BCUT2D eigenvalue weighted by atomic mass is 9.89. The van der Waals surface area contributed by atoms with Crippen molar-refractivity contribution < 1.29 is 33.9 Å². The van der Waals surface area contributed by atoms with Crippen LogP contribution in [0.5, 0.6) is 0 Å². The van der Waals surface area contributed by atoms with Crippen molar-refractivity contribution in [1.82, 2.24) is 0 Å². The number of hydrogen-bond donors (Lipinski definition) is 0. The molecule has 27 heavy (non-hydrogen) atoms. The molecule has 0 amide bonds. The van der Waals surface area contributed by atoms with Crippen molar-refractivity contribution in [3.8, 4) is 0 Å². The number of carbonyl (C=O) groups is 2. The second-order valence-corrected chi connectivity index (χ2v) is 8.95. The van der Waals surface area contributed by atoms with Crippen LogP contribution in [-0.4, -0.2) is 34.8 Å². The van der Waals surface area contributed by atoms with Crippen LogP contribution in [0, 0.1) is 5.92 Å². The first-order valence-electron chi connectivity index (χ1n) is 9.66. The van der Waals surface area contributed by atoms with Gasteiger partial charge in [0.15, 0.2) is 0 Å². The van der Waals surface area contributed by atoms with E-state index in [0.29, 0.717) is 6.42 Å². The minimum atomic E-state index is -0.886. The maximum atomic E-state index is 12.1. The van der Waals surface area contributed by atoms with Crippen LogP contribution in [0.1, 0.15) is 88.5 Å². The average Bonchev–Trinajstić information content (AvgIpc) is 2.48. The molecule has 1 aliphatic rings. The fourth-order valence-electron chi connectivity index (χ4n) is 2.00. The molecule has 160 valence electrons. The molecule has 0 aromatic heterocycles. The van der Waals surface area contributed by atoms with Crippen molar-refractivity contribution in [2.45, 2.75) is 111 Å². The number of ether oxygens (including phenoxy) is 1. The van der Waals surface area contributed by atoms with E-state index in [1.807, 2.05) is 48.5 Å². The Morgan fingerprint density at radius 3 is 1.89 bits per heavy atom. The number of hydrogen-bond acceptors (Lipinski definition) is 7. The lowest BCUT2D eigenvalue weighted by Gasteiger charge is -2.45. The number of carbonyl (C=O) groups excluding carboxylic acids is 2. The Balaban J connectivity index is 0.000000541. The van der Waals surface area contributed by atoms with Crippen LogP contribution in [0.3, 0.4) is 0 Å². The van der Waals surface area contributed by atoms with Crippen LogP contribution in [-0.2, 0) is 33.9 Å². The molecule has 0 aromatic carbocycles. The van der Waals surface area contributed by atoms with Crippen molar-refractivity contribution in [3.63, 3.8) is 0 Å². The zero-order valence-electron chi connectivity index (χ0n) is 18.6. The highest BCUT2D eigenvalue weighted by Crippen LogP contribution is 2.38. The predicted octanol–water partition coefficient (Wildman–Crippen LogP) is 4.52. The normalized spacial score (nSPS) is 22.4. The quantitative estimate of drug-likeness (QED) is 0.374. The van der Waals surface area contributed by atoms with E-state index in [-0.39, 0.29) is 24.0 Å². The fraction of sp³-hybridized carbons (Fsp3) is 0.900. The molecule has 7 nitrogen and oxygen atoms in total. The monoisotopic (exact) mass is 390 g/mol. The molecule has 2 atom stereocenters. The summed E-state index contributed by atoms with van der Waals surface area (Å²) in [5, 5.41) is 0. The van der Waals surface area contributed by atoms with Gasteiger partial charge in [-0.25, -0.2) is 19.4 Å². The van der Waals surface area contributed by atoms with Crippen molar-refractivity contribution in [2.24, 2.45) is 5.92 Å². The first-order valence-corrected chi connectivity index (χ1v) is 9.66. The van der Waals surface area contributed by atoms with Gasteiger partial charge in [-0.2, -0.15) is 4.89 Å². The molecule has 7 heteroatoms. The van der Waals surface area contributed by atoms with Gasteiger partial charge in [-0.15, -0.1) is 0 Å². The Hall–Kier alpha value is -1.18. The van der Waals surface area contributed by atoms with E-state index in [1.165, 1.54) is 0 Å². The summed E-state index contributed by atoms with van der Waals surface area (Å²) in [5.74, 6) is -0.788. The van der Waals surface area contributed by atoms with Gasteiger partial charge >= 0.3 is 11.9 Å². The first-order chi connectivity index (χ1) is 12.2. The summed E-state index contributed by atoms with van der Waals surface area (Å²) in [6.45, 7) is 18.5. The summed E-state index contributed by atoms with van der Waals surface area (Å²) in [6, 6.07) is 0. The standard InChI is InChI=1S/C12H22O4.C8H16O3/c1-6-8-9-12(7-2,16-15-9)10(13)14-11(3,4)5;1-6(2)7(9)10-11-8(3,4)5/h9H,6-8H2,1-5H3;6H,1-5H3. The van der Waals surface area contributed by atoms with E-state index < -0.39 is 16.8 Å². The van der Waals surface area contributed by atoms with Gasteiger partial charge in [-0.05, 0) is 54.4 Å². The van der Waals surface area contributed by atoms with Crippen molar-refractivity contribution >= 4 is 11.9 Å². The highest BCUT2D eigenvalue weighted by atomic mass is 17.3. The molecule has 0 spiro atoms. The van der Waals surface area contributed by atoms with E-state index in [4.69, 9.17) is 19.4 Å². The average molecular weight is 391 g/mol. The van der Waals surface area contributed by atoms with Crippen LogP contribution in [0.2, 0.25) is 0 Å². The highest BCUT2D eigenvalue weighted by molar-refractivity contribution is 5.81. The van der Waals surface area contributed by atoms with E-state index in [1.54, 1.807) is 13.8 Å². The topological polar surface area (TPSA) is 80.3 Å². The molecular formula is C20H38O7. The van der Waals surface area contributed by atoms with Crippen LogP contribution < -0.4 is 0 Å². The minimum absolute atomic E-state index is 0.141. The Kier molecular flexibility index (Phi) is 9.93. The number of esters is 1. The second kappa shape index (κ2) is 10.4. The van der Waals surface area contributed by atoms with Gasteiger partial charge in [-0.3, -0.25) is 4.89 Å². The van der Waals surface area contributed by atoms with Gasteiger partial charge in [0.25, 0.3) is 0 Å². The van der Waals surface area contributed by atoms with Gasteiger partial charge < -0.3 is 4.74 Å². The summed E-state index contributed by atoms with van der Waals surface area (Å²) in [7, 11) is 0. The fourth-order valence-corrected chi connectivity index (χ4v) is 2.00. The Labute approximate surface area is 163 Å². The Morgan fingerprint density at radius 2 is 1.59 bits per heavy atom. The molecule has 0 radical (unpaired) electrons. The Morgan fingerprint density at radius 1 is 1.04 bits per heavy atom. The summed E-state index contributed by atoms with van der Waals surface area (Å²) in [4.78, 5) is 42.3. The summed E-state index contributed by atoms with van der Waals surface area (Å²) in [6.07, 6.45) is 2.18. The lowest BCUT2D eigenvalue weighted by molar-refractivity contribution is -0.499. The van der Waals surface area contributed by atoms with Crippen LogP contribution in [0.25, 0.3) is 0 Å². The van der Waals surface area contributed by atoms with Crippen LogP contribution in [0.4, 0.5) is 0 Å². The molecule has 0 aromatic rings. The van der Waals surface area contributed by atoms with E-state index in [0.717, 1.165) is 12.8 Å². The summed E-state index contributed by atoms with van der Waals surface area (Å²) in [5.41, 5.74) is -1.80. The van der Waals surface area contributed by atoms with Gasteiger partial charge in [0.2, 0.25) is 5.60 Å². The molecule has 0 bridgehead atoms. The van der Waals surface area contributed by atoms with E-state index in [2.05, 4.69) is 11.8 Å². The molecule has 0 saturated carbocycles. The zero-order valence-corrected chi connectivity index (χ0v) is 18.6. The molecule has 1 heterocycles. The smallest absolute Gasteiger partial charge is 0.345 e. The SMILES string of the molecule is CC(C)C(=O)OOC(C)(C)C.CCCC1OOC1(CC)C(=O)OC(C)(C)C. The van der Waals surface area contributed by atoms with Gasteiger partial charge in [-0.1, -0.05) is 34.1 Å². The van der Waals surface area contributed by atoms with Gasteiger partial charge in [0.1, 0.15) is 17.3 Å². The molecule has 1 fully saturated rings. The molecular weight excluding hydrogens is 352 g/mol. The summed E-state index contributed by atoms with van der Waals surface area (Å²) < 4.78 is 5.37. The molecule has 1 saturated heterocycles. The maximum Gasteiger partial charge on any atom is 0.345 e. The minimum Gasteiger partial charge on any atom is -0.458 e. The third-order valence-electron chi connectivity index (χ3n) is 3.50. The second-order valence-electron chi connectivity index (χ2n) is 8.95. The van der Waals surface area contributed by atoms with Crippen molar-refractivity contribution in [2.75, 3.05) is 0 Å². The Bertz CT molecular complexity index is 470. The van der Waals surface area contributed by atoms with Gasteiger partial charge in [0, 0.05) is 0 Å². The van der Waals surface area contributed by atoms with E-state index >= 15 is 0 Å². The molecule has 1 aliphatic heterocycles. The first kappa shape index (κ1) is 25.8. The summed E-state index contributed by atoms with van der Waals surface area (Å²) >= 11 is 0. The van der Waals surface area contributed by atoms with Crippen LogP contribution in [0.15, 0.2) is 0 Å². The van der Waals surface area contributed by atoms with E-state index in [9.17, 15) is 9.59 Å². The third-order valence-corrected chi connectivity index (χ3v) is 3.50. The molecule has 1 rings (SSSR count). The molecule has 0 aliphatic carbocycles. The zero-order chi connectivity index (χ0) is 21.5. The third kappa shape index (κ3) is 9.04. The highest BCUT2D eigenvalue weighted by Gasteiger charge is 2.57. The molecule has 0 N–H and O–H groups in total. The van der Waals surface area contributed by atoms with Crippen molar-refractivity contribution in [1.29, 1.82) is 0 Å². The predicted molar refractivity (Wildman–Crippen MR) is 102 cm³/mol. The molecule has 2 unspecified atom stereocenters. The largest absolute Gasteiger partial charge is 0.458 e. The van der Waals surface area contributed by atoms with Crippen LogP contribution >= 0.6 is 0 Å². The van der Waals surface area contributed by atoms with Crippen molar-refractivity contribution in [3.05, 3.63) is 0 Å².